The topological polar surface area (TPSA) is 192 Å². The van der Waals surface area contributed by atoms with Gasteiger partial charge in [0.2, 0.25) is 17.7 Å². The van der Waals surface area contributed by atoms with E-state index in [1.54, 1.807) is 0 Å². The van der Waals surface area contributed by atoms with Crippen molar-refractivity contribution in [1.82, 2.24) is 21.3 Å². The van der Waals surface area contributed by atoms with Gasteiger partial charge < -0.3 is 32.7 Å². The first-order valence-electron chi connectivity index (χ1n) is 10.5. The average Bonchev–Trinajstić information content (AvgIpc) is 2.69. The van der Waals surface area contributed by atoms with Crippen molar-refractivity contribution in [1.29, 1.82) is 5.41 Å². The smallest absolute Gasteiger partial charge is 0.240 e. The predicted octanol–water partition coefficient (Wildman–Crippen LogP) is -1.93. The first-order chi connectivity index (χ1) is 14.2. The first kappa shape index (κ1) is 23.6. The van der Waals surface area contributed by atoms with Crippen LogP contribution in [0, 0.1) is 17.2 Å². The van der Waals surface area contributed by atoms with Crippen LogP contribution in [0.2, 0.25) is 0 Å². The summed E-state index contributed by atoms with van der Waals surface area (Å²) in [6.07, 6.45) is 3.57. The molecule has 2 saturated heterocycles. The number of carbonyl (C=O) groups is 4. The number of rotatable bonds is 10. The monoisotopic (exact) mass is 423 g/mol. The van der Waals surface area contributed by atoms with Crippen molar-refractivity contribution in [2.75, 3.05) is 13.1 Å². The number of primary amides is 1. The Bertz CT molecular complexity index is 684. The number of guanidine groups is 1. The quantitative estimate of drug-likeness (QED) is 0.121. The van der Waals surface area contributed by atoms with E-state index in [2.05, 4.69) is 21.3 Å². The summed E-state index contributed by atoms with van der Waals surface area (Å²) in [4.78, 5) is 49.9. The SMILES string of the molecule is CCCC[C@H]1NC[C@@H](C(=O)C2C[C@@H](C(N)=O)NC(=O)[C@H]2CCCNC(=N)N)NC1=O. The van der Waals surface area contributed by atoms with Crippen LogP contribution < -0.4 is 32.7 Å². The van der Waals surface area contributed by atoms with Gasteiger partial charge in [0.05, 0.1) is 6.04 Å². The fourth-order valence-corrected chi connectivity index (χ4v) is 4.07. The van der Waals surface area contributed by atoms with Gasteiger partial charge in [-0.05, 0) is 25.7 Å². The van der Waals surface area contributed by atoms with Crippen LogP contribution in [0.1, 0.15) is 45.4 Å². The highest BCUT2D eigenvalue weighted by Gasteiger charge is 2.45. The molecule has 168 valence electrons. The van der Waals surface area contributed by atoms with Crippen molar-refractivity contribution >= 4 is 29.5 Å². The number of unbranched alkanes of at least 4 members (excludes halogenated alkanes) is 1. The lowest BCUT2D eigenvalue weighted by Crippen LogP contribution is -2.64. The molecule has 0 radical (unpaired) electrons. The molecule has 1 unspecified atom stereocenters. The molecule has 0 saturated carbocycles. The van der Waals surface area contributed by atoms with Gasteiger partial charge >= 0.3 is 0 Å². The van der Waals surface area contributed by atoms with Crippen LogP contribution in [-0.4, -0.2) is 60.7 Å². The van der Waals surface area contributed by atoms with Gasteiger partial charge in [-0.25, -0.2) is 0 Å². The molecule has 5 atom stereocenters. The number of hydrogen-bond donors (Lipinski definition) is 7. The van der Waals surface area contributed by atoms with Crippen molar-refractivity contribution in [3.05, 3.63) is 0 Å². The Labute approximate surface area is 176 Å². The summed E-state index contributed by atoms with van der Waals surface area (Å²) in [5.74, 6) is -3.12. The standard InChI is InChI=1S/C19H33N7O4/c1-2-3-6-12-18(30)26-14(9-24-12)15(27)11-8-13(16(20)28)25-17(29)10(11)5-4-7-23-19(21)22/h10-14,24H,2-9H2,1H3,(H2,20,28)(H,25,29)(H,26,30)(H4,21,22,23)/t10-,11?,12+,13-,14-/m0/s1. The molecule has 2 rings (SSSR count). The lowest BCUT2D eigenvalue weighted by atomic mass is 9.75. The van der Waals surface area contributed by atoms with Gasteiger partial charge in [0, 0.05) is 24.9 Å². The summed E-state index contributed by atoms with van der Waals surface area (Å²) < 4.78 is 0. The van der Waals surface area contributed by atoms with Crippen molar-refractivity contribution in [2.45, 2.75) is 63.6 Å². The minimum absolute atomic E-state index is 0.107. The second-order valence-electron chi connectivity index (χ2n) is 7.96. The van der Waals surface area contributed by atoms with Crippen LogP contribution in [0.25, 0.3) is 0 Å². The third-order valence-electron chi connectivity index (χ3n) is 5.74. The normalized spacial score (nSPS) is 28.9. The molecule has 0 bridgehead atoms. The number of amides is 3. The van der Waals surface area contributed by atoms with Crippen molar-refractivity contribution in [3.8, 4) is 0 Å². The lowest BCUT2D eigenvalue weighted by Gasteiger charge is -2.37. The number of hydrogen-bond acceptors (Lipinski definition) is 6. The molecule has 3 amide bonds. The molecule has 0 aromatic rings. The molecule has 2 heterocycles. The Hall–Kier alpha value is -2.69. The zero-order chi connectivity index (χ0) is 22.3. The number of piperidine rings is 1. The fourth-order valence-electron chi connectivity index (χ4n) is 4.07. The Morgan fingerprint density at radius 3 is 2.40 bits per heavy atom. The number of nitrogens with two attached hydrogens (primary N) is 2. The lowest BCUT2D eigenvalue weighted by molar-refractivity contribution is -0.143. The van der Waals surface area contributed by atoms with Crippen molar-refractivity contribution in [3.63, 3.8) is 0 Å². The zero-order valence-corrected chi connectivity index (χ0v) is 17.3. The van der Waals surface area contributed by atoms with E-state index in [-0.39, 0.29) is 36.7 Å². The van der Waals surface area contributed by atoms with E-state index in [9.17, 15) is 19.2 Å². The highest BCUT2D eigenvalue weighted by Crippen LogP contribution is 2.29. The summed E-state index contributed by atoms with van der Waals surface area (Å²) in [6.45, 7) is 2.72. The van der Waals surface area contributed by atoms with Crippen LogP contribution in [0.3, 0.4) is 0 Å². The molecule has 9 N–H and O–H groups in total. The van der Waals surface area contributed by atoms with Gasteiger partial charge in [-0.15, -0.1) is 0 Å². The first-order valence-corrected chi connectivity index (χ1v) is 10.5. The van der Waals surface area contributed by atoms with Crippen LogP contribution >= 0.6 is 0 Å². The van der Waals surface area contributed by atoms with Crippen LogP contribution in [-0.2, 0) is 19.2 Å². The minimum Gasteiger partial charge on any atom is -0.370 e. The van der Waals surface area contributed by atoms with E-state index in [4.69, 9.17) is 16.9 Å². The van der Waals surface area contributed by atoms with E-state index in [1.807, 2.05) is 6.92 Å². The molecule has 0 aromatic heterocycles. The molecule has 0 aromatic carbocycles. The van der Waals surface area contributed by atoms with Crippen LogP contribution in [0.15, 0.2) is 0 Å². The number of nitrogens with one attached hydrogen (secondary N) is 5. The molecule has 11 nitrogen and oxygen atoms in total. The summed E-state index contributed by atoms with van der Waals surface area (Å²) in [5.41, 5.74) is 10.6. The second-order valence-corrected chi connectivity index (χ2v) is 7.96. The molecular formula is C19H33N7O4. The maximum absolute atomic E-state index is 13.2. The van der Waals surface area contributed by atoms with Gasteiger partial charge in [0.25, 0.3) is 0 Å². The molecular weight excluding hydrogens is 390 g/mol. The number of Topliss-reactive ketones (excluding diaryl/α,β-unsaturated/α-hetero) is 1. The largest absolute Gasteiger partial charge is 0.370 e. The summed E-state index contributed by atoms with van der Waals surface area (Å²) >= 11 is 0. The molecule has 0 spiro atoms. The highest BCUT2D eigenvalue weighted by atomic mass is 16.2. The summed E-state index contributed by atoms with van der Waals surface area (Å²) in [7, 11) is 0. The average molecular weight is 424 g/mol. The molecule has 2 fully saturated rings. The second kappa shape index (κ2) is 10.9. The van der Waals surface area contributed by atoms with Gasteiger partial charge in [0.15, 0.2) is 11.7 Å². The highest BCUT2D eigenvalue weighted by molar-refractivity contribution is 5.98. The number of piperazine rings is 1. The molecule has 30 heavy (non-hydrogen) atoms. The molecule has 2 aliphatic rings. The maximum Gasteiger partial charge on any atom is 0.240 e. The van der Waals surface area contributed by atoms with Gasteiger partial charge in [-0.2, -0.15) is 0 Å². The Morgan fingerprint density at radius 1 is 1.10 bits per heavy atom. The summed E-state index contributed by atoms with van der Waals surface area (Å²) in [5, 5.41) is 18.3. The van der Waals surface area contributed by atoms with Gasteiger partial charge in [-0.3, -0.25) is 24.6 Å². The van der Waals surface area contributed by atoms with E-state index in [1.165, 1.54) is 0 Å². The van der Waals surface area contributed by atoms with Crippen LogP contribution in [0.5, 0.6) is 0 Å². The zero-order valence-electron chi connectivity index (χ0n) is 17.3. The summed E-state index contributed by atoms with van der Waals surface area (Å²) in [6, 6.07) is -1.99. The Morgan fingerprint density at radius 2 is 1.80 bits per heavy atom. The van der Waals surface area contributed by atoms with Gasteiger partial charge in [0.1, 0.15) is 12.1 Å². The van der Waals surface area contributed by atoms with E-state index in [0.29, 0.717) is 25.8 Å². The third kappa shape index (κ3) is 6.15. The molecule has 2 aliphatic heterocycles. The van der Waals surface area contributed by atoms with Gasteiger partial charge in [-0.1, -0.05) is 19.8 Å². The molecule has 11 heteroatoms. The molecule has 0 aliphatic carbocycles. The van der Waals surface area contributed by atoms with Crippen molar-refractivity contribution < 1.29 is 19.2 Å². The van der Waals surface area contributed by atoms with E-state index < -0.39 is 35.7 Å². The fraction of sp³-hybridized carbons (Fsp3) is 0.737. The maximum atomic E-state index is 13.2. The Balaban J connectivity index is 2.06. The number of carbonyl (C=O) groups excluding carboxylic acids is 4. The van der Waals surface area contributed by atoms with E-state index in [0.717, 1.165) is 12.8 Å². The Kier molecular flexibility index (Phi) is 8.58. The number of ketones is 1. The van der Waals surface area contributed by atoms with Crippen molar-refractivity contribution in [2.24, 2.45) is 23.3 Å². The third-order valence-corrected chi connectivity index (χ3v) is 5.74. The van der Waals surface area contributed by atoms with E-state index >= 15 is 0 Å². The van der Waals surface area contributed by atoms with Crippen LogP contribution in [0.4, 0.5) is 0 Å². The predicted molar refractivity (Wildman–Crippen MR) is 110 cm³/mol. The minimum atomic E-state index is -0.914.